The third kappa shape index (κ3) is 4.61. The Labute approximate surface area is 168 Å². The molecule has 1 N–H and O–H groups in total. The van der Waals surface area contributed by atoms with Crippen LogP contribution in [0.1, 0.15) is 16.7 Å². The summed E-state index contributed by atoms with van der Waals surface area (Å²) in [5.74, 6) is 0.0604. The van der Waals surface area contributed by atoms with E-state index in [1.807, 2.05) is 18.2 Å². The Kier molecular flexibility index (Phi) is 5.93. The molecule has 0 aliphatic carbocycles. The summed E-state index contributed by atoms with van der Waals surface area (Å²) in [7, 11) is 3.34. The topological polar surface area (TPSA) is 78.2 Å². The first-order valence-corrected chi connectivity index (χ1v) is 9.03. The average molecular weight is 392 g/mol. The molecule has 0 bridgehead atoms. The van der Waals surface area contributed by atoms with Crippen LogP contribution in [0.5, 0.6) is 5.75 Å². The number of rotatable bonds is 6. The molecule has 1 heterocycles. The van der Waals surface area contributed by atoms with Gasteiger partial charge in [-0.3, -0.25) is 9.78 Å². The number of carbonyl (C=O) groups excluding carboxylic acids is 1. The third-order valence-corrected chi connectivity index (χ3v) is 4.48. The van der Waals surface area contributed by atoms with Gasteiger partial charge in [-0.1, -0.05) is 12.1 Å². The quantitative estimate of drug-likeness (QED) is 0.693. The number of amides is 1. The fourth-order valence-electron chi connectivity index (χ4n) is 2.92. The largest absolute Gasteiger partial charge is 0.484 e. The molecule has 29 heavy (non-hydrogen) atoms. The summed E-state index contributed by atoms with van der Waals surface area (Å²) in [5.41, 5.74) is 3.11. The zero-order valence-corrected chi connectivity index (χ0v) is 16.5. The fourth-order valence-corrected chi connectivity index (χ4v) is 2.92. The van der Waals surface area contributed by atoms with Crippen molar-refractivity contribution in [1.29, 1.82) is 5.26 Å². The number of carbonyl (C=O) groups is 1. The van der Waals surface area contributed by atoms with Crippen molar-refractivity contribution in [1.82, 2.24) is 9.88 Å². The Morgan fingerprint density at radius 1 is 1.31 bits per heavy atom. The van der Waals surface area contributed by atoms with Crippen molar-refractivity contribution >= 4 is 22.5 Å². The number of likely N-dealkylation sites (N-methyl/N-ethyl adjacent to an activating group) is 1. The lowest BCUT2D eigenvalue weighted by atomic mass is 10.1. The molecule has 7 heteroatoms. The number of nitrogens with zero attached hydrogens (tertiary/aromatic N) is 3. The molecule has 6 nitrogen and oxygen atoms in total. The lowest BCUT2D eigenvalue weighted by Crippen LogP contribution is -2.27. The summed E-state index contributed by atoms with van der Waals surface area (Å²) in [4.78, 5) is 17.4. The Balaban J connectivity index is 1.83. The number of aryl methyl sites for hydroxylation is 1. The number of aromatic nitrogens is 1. The van der Waals surface area contributed by atoms with E-state index in [2.05, 4.69) is 16.4 Å². The number of hydrogen-bond donors (Lipinski definition) is 1. The number of nitrogens with one attached hydrogen (secondary N) is 1. The highest BCUT2D eigenvalue weighted by molar-refractivity contribution is 5.95. The van der Waals surface area contributed by atoms with Crippen LogP contribution < -0.4 is 10.1 Å². The van der Waals surface area contributed by atoms with Crippen molar-refractivity contribution in [2.45, 2.75) is 13.5 Å². The van der Waals surface area contributed by atoms with Crippen molar-refractivity contribution in [2.24, 2.45) is 0 Å². The molecular weight excluding hydrogens is 371 g/mol. The molecule has 0 saturated heterocycles. The molecule has 0 aliphatic heterocycles. The molecule has 1 aromatic heterocycles. The van der Waals surface area contributed by atoms with E-state index in [4.69, 9.17) is 4.74 Å². The average Bonchev–Trinajstić information content (AvgIpc) is 2.70. The van der Waals surface area contributed by atoms with Crippen LogP contribution in [0.15, 0.2) is 42.6 Å². The molecule has 0 radical (unpaired) electrons. The first-order chi connectivity index (χ1) is 13.9. The van der Waals surface area contributed by atoms with Gasteiger partial charge >= 0.3 is 0 Å². The number of ether oxygens (including phenoxy) is 1. The minimum Gasteiger partial charge on any atom is -0.484 e. The van der Waals surface area contributed by atoms with Gasteiger partial charge in [0.15, 0.2) is 6.61 Å². The van der Waals surface area contributed by atoms with Gasteiger partial charge in [0.1, 0.15) is 17.6 Å². The van der Waals surface area contributed by atoms with Crippen LogP contribution in [0, 0.1) is 24.1 Å². The van der Waals surface area contributed by atoms with Crippen LogP contribution in [-0.4, -0.2) is 36.5 Å². The second-order valence-corrected chi connectivity index (χ2v) is 6.86. The Hall–Kier alpha value is -3.66. The van der Waals surface area contributed by atoms with E-state index in [9.17, 15) is 14.4 Å². The molecule has 0 fully saturated rings. The van der Waals surface area contributed by atoms with Gasteiger partial charge in [0.25, 0.3) is 5.91 Å². The number of pyridine rings is 1. The van der Waals surface area contributed by atoms with E-state index >= 15 is 0 Å². The van der Waals surface area contributed by atoms with Gasteiger partial charge in [0.05, 0.1) is 16.8 Å². The van der Waals surface area contributed by atoms with Crippen LogP contribution in [0.25, 0.3) is 10.9 Å². The van der Waals surface area contributed by atoms with E-state index in [-0.39, 0.29) is 18.3 Å². The van der Waals surface area contributed by atoms with Crippen molar-refractivity contribution in [2.75, 3.05) is 26.0 Å². The van der Waals surface area contributed by atoms with E-state index in [0.29, 0.717) is 40.0 Å². The normalized spacial score (nSPS) is 10.4. The standard InChI is InChI=1S/C22H21FN4O2/c1-14-7-17(23)9-19-21(14)26-12-16(10-24)22(19)25-11-15-5-4-6-18(8-15)29-13-20(28)27(2)3/h4-9,12H,11,13H2,1-3H3,(H,25,26). The molecule has 2 aromatic carbocycles. The third-order valence-electron chi connectivity index (χ3n) is 4.48. The van der Waals surface area contributed by atoms with Crippen LogP contribution in [0.3, 0.4) is 0 Å². The summed E-state index contributed by atoms with van der Waals surface area (Å²) in [6.45, 7) is 2.13. The SMILES string of the molecule is Cc1cc(F)cc2c(NCc3cccc(OCC(=O)N(C)C)c3)c(C#N)cnc12. The molecule has 0 spiro atoms. The van der Waals surface area contributed by atoms with Crippen LogP contribution in [0.2, 0.25) is 0 Å². The van der Waals surface area contributed by atoms with E-state index < -0.39 is 0 Å². The van der Waals surface area contributed by atoms with Gasteiger partial charge in [-0.2, -0.15) is 5.26 Å². The lowest BCUT2D eigenvalue weighted by molar-refractivity contribution is -0.130. The number of hydrogen-bond acceptors (Lipinski definition) is 5. The summed E-state index contributed by atoms with van der Waals surface area (Å²) in [6, 6.07) is 12.2. The molecular formula is C22H21FN4O2. The number of nitriles is 1. The second-order valence-electron chi connectivity index (χ2n) is 6.86. The van der Waals surface area contributed by atoms with Crippen LogP contribution in [0.4, 0.5) is 10.1 Å². The van der Waals surface area contributed by atoms with E-state index in [0.717, 1.165) is 5.56 Å². The van der Waals surface area contributed by atoms with Crippen molar-refractivity contribution in [3.63, 3.8) is 0 Å². The lowest BCUT2D eigenvalue weighted by Gasteiger charge is -2.14. The summed E-state index contributed by atoms with van der Waals surface area (Å²) in [5, 5.41) is 13.2. The van der Waals surface area contributed by atoms with E-state index in [1.54, 1.807) is 27.1 Å². The monoisotopic (exact) mass is 392 g/mol. The van der Waals surface area contributed by atoms with Gasteiger partial charge in [0.2, 0.25) is 0 Å². The predicted octanol–water partition coefficient (Wildman–Crippen LogP) is 3.63. The molecule has 0 aliphatic rings. The highest BCUT2D eigenvalue weighted by atomic mass is 19.1. The predicted molar refractivity (Wildman–Crippen MR) is 109 cm³/mol. The second kappa shape index (κ2) is 8.57. The zero-order chi connectivity index (χ0) is 21.0. The van der Waals surface area contributed by atoms with Crippen molar-refractivity contribution in [3.05, 3.63) is 65.1 Å². The summed E-state index contributed by atoms with van der Waals surface area (Å²) >= 11 is 0. The number of benzene rings is 2. The van der Waals surface area contributed by atoms with Gasteiger partial charge in [-0.05, 0) is 42.3 Å². The Morgan fingerprint density at radius 2 is 2.10 bits per heavy atom. The molecule has 3 aromatic rings. The maximum absolute atomic E-state index is 14.0. The minimum absolute atomic E-state index is 0.0456. The van der Waals surface area contributed by atoms with Gasteiger partial charge in [0, 0.05) is 32.2 Å². The summed E-state index contributed by atoms with van der Waals surface area (Å²) in [6.07, 6.45) is 1.49. The molecule has 0 atom stereocenters. The smallest absolute Gasteiger partial charge is 0.259 e. The molecule has 0 unspecified atom stereocenters. The Bertz CT molecular complexity index is 1110. The zero-order valence-electron chi connectivity index (χ0n) is 16.5. The molecule has 0 saturated carbocycles. The molecule has 3 rings (SSSR count). The maximum Gasteiger partial charge on any atom is 0.259 e. The minimum atomic E-state index is -0.379. The van der Waals surface area contributed by atoms with Gasteiger partial charge < -0.3 is 15.0 Å². The number of anilines is 1. The molecule has 1 amide bonds. The highest BCUT2D eigenvalue weighted by Gasteiger charge is 2.12. The highest BCUT2D eigenvalue weighted by Crippen LogP contribution is 2.29. The van der Waals surface area contributed by atoms with Crippen molar-refractivity contribution in [3.8, 4) is 11.8 Å². The first-order valence-electron chi connectivity index (χ1n) is 9.03. The fraction of sp³-hybridized carbons (Fsp3) is 0.227. The van der Waals surface area contributed by atoms with Crippen molar-refractivity contribution < 1.29 is 13.9 Å². The number of fused-ring (bicyclic) bond motifs is 1. The van der Waals surface area contributed by atoms with Gasteiger partial charge in [-0.15, -0.1) is 0 Å². The Morgan fingerprint density at radius 3 is 2.83 bits per heavy atom. The van der Waals surface area contributed by atoms with Crippen LogP contribution >= 0.6 is 0 Å². The first kappa shape index (κ1) is 20.1. The summed E-state index contributed by atoms with van der Waals surface area (Å²) < 4.78 is 19.5. The maximum atomic E-state index is 14.0. The van der Waals surface area contributed by atoms with Crippen LogP contribution in [-0.2, 0) is 11.3 Å². The van der Waals surface area contributed by atoms with Gasteiger partial charge in [-0.25, -0.2) is 4.39 Å². The molecule has 148 valence electrons. The number of halogens is 1. The van der Waals surface area contributed by atoms with E-state index in [1.165, 1.54) is 23.2 Å².